The first-order valence-electron chi connectivity index (χ1n) is 5.90. The number of rotatable bonds is 2. The molecule has 18 heavy (non-hydrogen) atoms. The third-order valence-electron chi connectivity index (χ3n) is 3.04. The van der Waals surface area contributed by atoms with Gasteiger partial charge in [0.05, 0.1) is 5.69 Å². The summed E-state index contributed by atoms with van der Waals surface area (Å²) in [6.07, 6.45) is 1.31. The molecule has 1 fully saturated rings. The van der Waals surface area contributed by atoms with E-state index >= 15 is 0 Å². The summed E-state index contributed by atoms with van der Waals surface area (Å²) >= 11 is 0. The molecule has 1 atom stereocenters. The van der Waals surface area contributed by atoms with Crippen LogP contribution < -0.4 is 16.4 Å². The molecule has 0 spiro atoms. The van der Waals surface area contributed by atoms with Gasteiger partial charge in [-0.1, -0.05) is 6.07 Å². The number of nitrogens with zero attached hydrogens (tertiary/aromatic N) is 1. The van der Waals surface area contributed by atoms with E-state index in [0.717, 1.165) is 6.42 Å². The molecule has 94 valence electrons. The number of fused-ring (bicyclic) bond motifs is 1. The number of carbonyl (C=O) groups is 1. The standard InChI is InChI=1S/C12H14N4O2/c13-8-2-1-3-9-11(8)16-12(18-9)15-7-4-5-10(17)14-6-7/h1-3,7H,4-6,13H2,(H,14,17)(H,15,16). The lowest BCUT2D eigenvalue weighted by Gasteiger charge is -2.22. The summed E-state index contributed by atoms with van der Waals surface area (Å²) in [5.41, 5.74) is 7.74. The van der Waals surface area contributed by atoms with Crippen molar-refractivity contribution in [1.82, 2.24) is 10.3 Å². The van der Waals surface area contributed by atoms with Crippen molar-refractivity contribution in [3.05, 3.63) is 18.2 Å². The van der Waals surface area contributed by atoms with Crippen molar-refractivity contribution in [3.8, 4) is 0 Å². The zero-order valence-electron chi connectivity index (χ0n) is 9.77. The number of carbonyl (C=O) groups excluding carboxylic acids is 1. The number of piperidine rings is 1. The van der Waals surface area contributed by atoms with Gasteiger partial charge in [-0.05, 0) is 18.6 Å². The van der Waals surface area contributed by atoms with Gasteiger partial charge in [-0.15, -0.1) is 0 Å². The first-order valence-corrected chi connectivity index (χ1v) is 5.90. The predicted molar refractivity (Wildman–Crippen MR) is 68.1 cm³/mol. The van der Waals surface area contributed by atoms with Crippen LogP contribution in [0.25, 0.3) is 11.1 Å². The van der Waals surface area contributed by atoms with Crippen LogP contribution in [0.2, 0.25) is 0 Å². The average molecular weight is 246 g/mol. The van der Waals surface area contributed by atoms with Gasteiger partial charge >= 0.3 is 0 Å². The van der Waals surface area contributed by atoms with Gasteiger partial charge in [0, 0.05) is 19.0 Å². The number of hydrogen-bond acceptors (Lipinski definition) is 5. The third-order valence-corrected chi connectivity index (χ3v) is 3.04. The van der Waals surface area contributed by atoms with Crippen LogP contribution in [0.3, 0.4) is 0 Å². The normalized spacial score (nSPS) is 19.8. The predicted octanol–water partition coefficient (Wildman–Crippen LogP) is 1.10. The fourth-order valence-electron chi connectivity index (χ4n) is 2.06. The Hall–Kier alpha value is -2.24. The molecule has 1 saturated heterocycles. The number of nitrogen functional groups attached to an aromatic ring is 1. The minimum absolute atomic E-state index is 0.0925. The van der Waals surface area contributed by atoms with Crippen LogP contribution in [0.5, 0.6) is 0 Å². The maximum Gasteiger partial charge on any atom is 0.296 e. The summed E-state index contributed by atoms with van der Waals surface area (Å²) in [4.78, 5) is 15.4. The van der Waals surface area contributed by atoms with Crippen molar-refractivity contribution in [2.24, 2.45) is 0 Å². The number of amides is 1. The molecule has 0 bridgehead atoms. The minimum atomic E-state index is 0.0925. The van der Waals surface area contributed by atoms with E-state index < -0.39 is 0 Å². The molecule has 1 amide bonds. The second-order valence-electron chi connectivity index (χ2n) is 4.40. The molecule has 1 aromatic carbocycles. The molecule has 1 unspecified atom stereocenters. The van der Waals surface area contributed by atoms with E-state index in [1.165, 1.54) is 0 Å². The van der Waals surface area contributed by atoms with E-state index in [9.17, 15) is 4.79 Å². The highest BCUT2D eigenvalue weighted by atomic mass is 16.4. The number of aromatic nitrogens is 1. The van der Waals surface area contributed by atoms with Gasteiger partial charge in [0.2, 0.25) is 5.91 Å². The summed E-state index contributed by atoms with van der Waals surface area (Å²) in [5, 5.41) is 5.97. The first kappa shape index (κ1) is 10.9. The van der Waals surface area contributed by atoms with Crippen LogP contribution in [0.4, 0.5) is 11.7 Å². The molecule has 1 aliphatic rings. The monoisotopic (exact) mass is 246 g/mol. The minimum Gasteiger partial charge on any atom is -0.423 e. The van der Waals surface area contributed by atoms with Crippen molar-refractivity contribution in [1.29, 1.82) is 0 Å². The number of anilines is 2. The molecule has 1 aromatic heterocycles. The summed E-state index contributed by atoms with van der Waals surface area (Å²) in [6, 6.07) is 6.04. The van der Waals surface area contributed by atoms with Crippen molar-refractivity contribution in [2.45, 2.75) is 18.9 Å². The highest BCUT2D eigenvalue weighted by Crippen LogP contribution is 2.24. The smallest absolute Gasteiger partial charge is 0.296 e. The average Bonchev–Trinajstić information content (AvgIpc) is 2.76. The SMILES string of the molecule is Nc1cccc2oc(NC3CCC(=O)NC3)nc12. The molecule has 0 radical (unpaired) electrons. The second-order valence-corrected chi connectivity index (χ2v) is 4.40. The third kappa shape index (κ3) is 1.97. The fourth-order valence-corrected chi connectivity index (χ4v) is 2.06. The van der Waals surface area contributed by atoms with Gasteiger partial charge in [0.25, 0.3) is 6.01 Å². The lowest BCUT2D eigenvalue weighted by molar-refractivity contribution is -0.122. The molecule has 0 saturated carbocycles. The Bertz CT molecular complexity index is 583. The maximum absolute atomic E-state index is 11.1. The Morgan fingerprint density at radius 3 is 3.11 bits per heavy atom. The second kappa shape index (κ2) is 4.21. The number of para-hydroxylation sites is 1. The van der Waals surface area contributed by atoms with E-state index in [1.807, 2.05) is 12.1 Å². The quantitative estimate of drug-likeness (QED) is 0.690. The molecule has 1 aliphatic heterocycles. The van der Waals surface area contributed by atoms with E-state index in [2.05, 4.69) is 15.6 Å². The van der Waals surface area contributed by atoms with Crippen LogP contribution in [0, 0.1) is 0 Å². The lowest BCUT2D eigenvalue weighted by atomic mass is 10.1. The van der Waals surface area contributed by atoms with Gasteiger partial charge < -0.3 is 20.8 Å². The molecule has 0 aliphatic carbocycles. The van der Waals surface area contributed by atoms with Gasteiger partial charge in [-0.25, -0.2) is 0 Å². The zero-order chi connectivity index (χ0) is 12.5. The Morgan fingerprint density at radius 2 is 2.39 bits per heavy atom. The maximum atomic E-state index is 11.1. The number of benzene rings is 1. The molecule has 6 heteroatoms. The van der Waals surface area contributed by atoms with E-state index in [0.29, 0.717) is 35.8 Å². The van der Waals surface area contributed by atoms with Gasteiger partial charge in [-0.3, -0.25) is 4.79 Å². The van der Waals surface area contributed by atoms with Crippen molar-refractivity contribution < 1.29 is 9.21 Å². The summed E-state index contributed by atoms with van der Waals surface area (Å²) in [6.45, 7) is 0.590. The molecule has 6 nitrogen and oxygen atoms in total. The largest absolute Gasteiger partial charge is 0.423 e. The summed E-state index contributed by atoms with van der Waals surface area (Å²) in [5.74, 6) is 0.0925. The summed E-state index contributed by atoms with van der Waals surface area (Å²) < 4.78 is 5.56. The van der Waals surface area contributed by atoms with Crippen LogP contribution >= 0.6 is 0 Å². The van der Waals surface area contributed by atoms with Crippen LogP contribution in [-0.2, 0) is 4.79 Å². The Labute approximate surface area is 104 Å². The Kier molecular flexibility index (Phi) is 2.55. The molecule has 3 rings (SSSR count). The zero-order valence-corrected chi connectivity index (χ0v) is 9.77. The fraction of sp³-hybridized carbons (Fsp3) is 0.333. The Morgan fingerprint density at radius 1 is 1.50 bits per heavy atom. The van der Waals surface area contributed by atoms with E-state index in [-0.39, 0.29) is 11.9 Å². The highest BCUT2D eigenvalue weighted by Gasteiger charge is 2.19. The molecular formula is C12H14N4O2. The molecule has 2 aromatic rings. The lowest BCUT2D eigenvalue weighted by Crippen LogP contribution is -2.41. The van der Waals surface area contributed by atoms with Gasteiger partial charge in [-0.2, -0.15) is 4.98 Å². The van der Waals surface area contributed by atoms with Gasteiger partial charge in [0.15, 0.2) is 5.58 Å². The molecule has 4 N–H and O–H groups in total. The number of nitrogens with two attached hydrogens (primary N) is 1. The number of oxazole rings is 1. The van der Waals surface area contributed by atoms with Crippen LogP contribution in [-0.4, -0.2) is 23.5 Å². The van der Waals surface area contributed by atoms with E-state index in [4.69, 9.17) is 10.2 Å². The van der Waals surface area contributed by atoms with Crippen molar-refractivity contribution >= 4 is 28.7 Å². The summed E-state index contributed by atoms with van der Waals surface area (Å²) in [7, 11) is 0. The first-order chi connectivity index (χ1) is 8.72. The van der Waals surface area contributed by atoms with Crippen molar-refractivity contribution in [3.63, 3.8) is 0 Å². The molecule has 2 heterocycles. The van der Waals surface area contributed by atoms with E-state index in [1.54, 1.807) is 6.07 Å². The van der Waals surface area contributed by atoms with Crippen LogP contribution in [0.1, 0.15) is 12.8 Å². The van der Waals surface area contributed by atoms with Crippen LogP contribution in [0.15, 0.2) is 22.6 Å². The topological polar surface area (TPSA) is 93.2 Å². The van der Waals surface area contributed by atoms with Gasteiger partial charge in [0.1, 0.15) is 5.52 Å². The number of nitrogens with one attached hydrogen (secondary N) is 2. The number of hydrogen-bond donors (Lipinski definition) is 3. The molecular weight excluding hydrogens is 232 g/mol. The van der Waals surface area contributed by atoms with Crippen molar-refractivity contribution in [2.75, 3.05) is 17.6 Å². The Balaban J connectivity index is 1.79. The highest BCUT2D eigenvalue weighted by molar-refractivity contribution is 5.86.